The number of nitro groups is 1. The lowest BCUT2D eigenvalue weighted by Crippen LogP contribution is -2.19. The van der Waals surface area contributed by atoms with Crippen LogP contribution in [0.2, 0.25) is 0 Å². The highest BCUT2D eigenvalue weighted by molar-refractivity contribution is 14.1. The molecule has 0 aromatic carbocycles. The van der Waals surface area contributed by atoms with Crippen LogP contribution in [0.25, 0.3) is 0 Å². The van der Waals surface area contributed by atoms with E-state index < -0.39 is 40.5 Å². The molecule has 1 rings (SSSR count). The summed E-state index contributed by atoms with van der Waals surface area (Å²) in [5.74, 6) is -2.40. The number of hydrogen-bond donors (Lipinski definition) is 0. The van der Waals surface area contributed by atoms with E-state index in [-0.39, 0.29) is 0 Å². The van der Waals surface area contributed by atoms with Gasteiger partial charge in [-0.25, -0.2) is 8.42 Å². The second-order valence-corrected chi connectivity index (χ2v) is 6.45. The van der Waals surface area contributed by atoms with Crippen LogP contribution in [0.3, 0.4) is 0 Å². The standard InChI is InChI=1S/C6HClF3IN2O5S/c7-19(16,17)2-1-3(13(14)15)12-5(4(2)11)18-6(8,9)10/h1H. The maximum absolute atomic E-state index is 12.1. The molecule has 0 aliphatic carbocycles. The minimum atomic E-state index is -5.19. The van der Waals surface area contributed by atoms with Gasteiger partial charge < -0.3 is 14.9 Å². The molecule has 7 nitrogen and oxygen atoms in total. The first-order valence-electron chi connectivity index (χ1n) is 3.97. The van der Waals surface area contributed by atoms with Crippen molar-refractivity contribution in [2.24, 2.45) is 0 Å². The Kier molecular flexibility index (Phi) is 4.46. The SMILES string of the molecule is O=[N+]([O-])c1cc(S(=O)(=O)Cl)c(I)c(OC(F)(F)F)n1. The maximum atomic E-state index is 12.1. The molecule has 13 heteroatoms. The molecule has 0 saturated carbocycles. The minimum Gasteiger partial charge on any atom is -0.366 e. The van der Waals surface area contributed by atoms with Gasteiger partial charge in [0.25, 0.3) is 9.05 Å². The van der Waals surface area contributed by atoms with Crippen LogP contribution in [0.1, 0.15) is 0 Å². The van der Waals surface area contributed by atoms with Crippen LogP contribution in [0, 0.1) is 13.7 Å². The molecule has 0 bridgehead atoms. The summed E-state index contributed by atoms with van der Waals surface area (Å²) in [6.45, 7) is 0. The van der Waals surface area contributed by atoms with Gasteiger partial charge in [0.2, 0.25) is 0 Å². The van der Waals surface area contributed by atoms with Crippen molar-refractivity contribution in [3.8, 4) is 5.88 Å². The molecule has 0 atom stereocenters. The van der Waals surface area contributed by atoms with Gasteiger partial charge in [0.1, 0.15) is 8.47 Å². The van der Waals surface area contributed by atoms with Crippen molar-refractivity contribution in [1.82, 2.24) is 4.98 Å². The second-order valence-electron chi connectivity index (χ2n) is 2.84. The van der Waals surface area contributed by atoms with E-state index in [1.807, 2.05) is 0 Å². The zero-order valence-corrected chi connectivity index (χ0v) is 12.0. The lowest BCUT2D eigenvalue weighted by molar-refractivity contribution is -0.390. The van der Waals surface area contributed by atoms with Gasteiger partial charge in [-0.05, 0) is 27.5 Å². The van der Waals surface area contributed by atoms with E-state index in [1.54, 1.807) is 0 Å². The molecule has 0 fully saturated rings. The number of halogens is 5. The molecule has 1 heterocycles. The molecule has 0 aliphatic heterocycles. The van der Waals surface area contributed by atoms with Crippen molar-refractivity contribution < 1.29 is 31.2 Å². The molecule has 0 aliphatic rings. The van der Waals surface area contributed by atoms with Gasteiger partial charge in [0.15, 0.2) is 0 Å². The Labute approximate surface area is 121 Å². The number of nitrogens with zero attached hydrogens (tertiary/aromatic N) is 2. The molecule has 0 amide bonds. The fourth-order valence-electron chi connectivity index (χ4n) is 0.920. The van der Waals surface area contributed by atoms with E-state index in [4.69, 9.17) is 10.7 Å². The summed E-state index contributed by atoms with van der Waals surface area (Å²) >= 11 is 1.17. The largest absolute Gasteiger partial charge is 0.575 e. The lowest BCUT2D eigenvalue weighted by atomic mass is 10.4. The van der Waals surface area contributed by atoms with Gasteiger partial charge in [-0.2, -0.15) is 0 Å². The molecule has 0 N–H and O–H groups in total. The smallest absolute Gasteiger partial charge is 0.366 e. The fourth-order valence-corrected chi connectivity index (χ4v) is 3.48. The molecular formula is C6HClF3IN2O5S. The molecule has 0 spiro atoms. The first-order chi connectivity index (χ1) is 8.42. The maximum Gasteiger partial charge on any atom is 0.575 e. The predicted octanol–water partition coefficient (Wildman–Crippen LogP) is 2.42. The van der Waals surface area contributed by atoms with Gasteiger partial charge in [0, 0.05) is 15.7 Å². The normalized spacial score (nSPS) is 12.3. The Hall–Kier alpha value is -0.890. The Balaban J connectivity index is 3.55. The summed E-state index contributed by atoms with van der Waals surface area (Å²) < 4.78 is 61.2. The third kappa shape index (κ3) is 4.31. The van der Waals surface area contributed by atoms with E-state index in [9.17, 15) is 31.7 Å². The Morgan fingerprint density at radius 2 is 2.00 bits per heavy atom. The van der Waals surface area contributed by atoms with Gasteiger partial charge in [0.05, 0.1) is 6.07 Å². The van der Waals surface area contributed by atoms with Gasteiger partial charge in [-0.1, -0.05) is 0 Å². The fraction of sp³-hybridized carbons (Fsp3) is 0.167. The molecule has 1 aromatic heterocycles. The van der Waals surface area contributed by atoms with Crippen LogP contribution < -0.4 is 4.74 Å². The highest BCUT2D eigenvalue weighted by Crippen LogP contribution is 2.34. The zero-order chi connectivity index (χ0) is 15.0. The Bertz CT molecular complexity index is 634. The average Bonchev–Trinajstić information content (AvgIpc) is 2.16. The number of aromatic nitrogens is 1. The molecular weight excluding hydrogens is 431 g/mol. The number of ether oxygens (including phenoxy) is 1. The quantitative estimate of drug-likeness (QED) is 0.315. The highest BCUT2D eigenvalue weighted by atomic mass is 127. The summed E-state index contributed by atoms with van der Waals surface area (Å²) in [5, 5.41) is 10.5. The molecule has 0 saturated heterocycles. The number of pyridine rings is 1. The Morgan fingerprint density at radius 1 is 1.47 bits per heavy atom. The molecule has 0 radical (unpaired) electrons. The topological polar surface area (TPSA) is 99.4 Å². The minimum absolute atomic E-state index is 0.438. The van der Waals surface area contributed by atoms with Gasteiger partial charge in [-0.3, -0.25) is 0 Å². The van der Waals surface area contributed by atoms with Crippen molar-refractivity contribution in [1.29, 1.82) is 0 Å². The number of rotatable bonds is 3. The van der Waals surface area contributed by atoms with E-state index in [0.717, 1.165) is 0 Å². The summed E-state index contributed by atoms with van der Waals surface area (Å²) in [6, 6.07) is 0.438. The predicted molar refractivity (Wildman–Crippen MR) is 63.3 cm³/mol. The van der Waals surface area contributed by atoms with Crippen molar-refractivity contribution >= 4 is 48.1 Å². The zero-order valence-electron chi connectivity index (χ0n) is 8.31. The number of hydrogen-bond acceptors (Lipinski definition) is 6. The molecule has 0 unspecified atom stereocenters. The van der Waals surface area contributed by atoms with Crippen molar-refractivity contribution in [3.05, 3.63) is 19.8 Å². The Morgan fingerprint density at radius 3 is 2.37 bits per heavy atom. The van der Waals surface area contributed by atoms with E-state index in [0.29, 0.717) is 6.07 Å². The van der Waals surface area contributed by atoms with Gasteiger partial charge >= 0.3 is 18.1 Å². The third-order valence-corrected chi connectivity index (χ3v) is 4.30. The van der Waals surface area contributed by atoms with Crippen molar-refractivity contribution in [2.75, 3.05) is 0 Å². The summed E-state index contributed by atoms with van der Waals surface area (Å²) in [5.41, 5.74) is 0. The lowest BCUT2D eigenvalue weighted by Gasteiger charge is -2.08. The monoisotopic (exact) mass is 432 g/mol. The van der Waals surface area contributed by atoms with Crippen LogP contribution in [-0.4, -0.2) is 24.7 Å². The average molecular weight is 433 g/mol. The molecule has 106 valence electrons. The third-order valence-electron chi connectivity index (χ3n) is 1.54. The van der Waals surface area contributed by atoms with Crippen LogP contribution in [-0.2, 0) is 9.05 Å². The number of alkyl halides is 3. The second kappa shape index (κ2) is 5.24. The van der Waals surface area contributed by atoms with Gasteiger partial charge in [-0.15, -0.1) is 13.2 Å². The van der Waals surface area contributed by atoms with Crippen molar-refractivity contribution in [3.63, 3.8) is 0 Å². The van der Waals surface area contributed by atoms with E-state index in [2.05, 4.69) is 9.72 Å². The summed E-state index contributed by atoms with van der Waals surface area (Å²) in [6.07, 6.45) is -5.19. The highest BCUT2D eigenvalue weighted by Gasteiger charge is 2.37. The van der Waals surface area contributed by atoms with E-state index in [1.165, 1.54) is 22.6 Å². The molecule has 1 aromatic rings. The summed E-state index contributed by atoms with van der Waals surface area (Å²) in [7, 11) is 0.469. The summed E-state index contributed by atoms with van der Waals surface area (Å²) in [4.78, 5) is 11.4. The van der Waals surface area contributed by atoms with Crippen molar-refractivity contribution in [2.45, 2.75) is 11.3 Å². The van der Waals surface area contributed by atoms with Crippen LogP contribution >= 0.6 is 33.3 Å². The first kappa shape index (κ1) is 16.2. The van der Waals surface area contributed by atoms with E-state index >= 15 is 0 Å². The van der Waals surface area contributed by atoms with Crippen LogP contribution in [0.5, 0.6) is 5.88 Å². The first-order valence-corrected chi connectivity index (χ1v) is 7.36. The van der Waals surface area contributed by atoms with Crippen LogP contribution in [0.15, 0.2) is 11.0 Å². The van der Waals surface area contributed by atoms with Crippen LogP contribution in [0.4, 0.5) is 19.0 Å². The molecule has 19 heavy (non-hydrogen) atoms.